The molecule has 2 N–H and O–H groups in total. The van der Waals surface area contributed by atoms with Gasteiger partial charge in [-0.3, -0.25) is 4.79 Å². The number of urea groups is 1. The molecule has 0 spiro atoms. The van der Waals surface area contributed by atoms with Crippen LogP contribution in [0.15, 0.2) is 18.2 Å². The Morgan fingerprint density at radius 2 is 2.35 bits per heavy atom. The third-order valence-electron chi connectivity index (χ3n) is 2.99. The average molecular weight is 281 g/mol. The van der Waals surface area contributed by atoms with Crippen molar-refractivity contribution in [3.05, 3.63) is 29.6 Å². The lowest BCUT2D eigenvalue weighted by Crippen LogP contribution is -2.52. The molecular weight excluding hydrogens is 265 g/mol. The molecule has 108 valence electrons. The van der Waals surface area contributed by atoms with E-state index in [0.29, 0.717) is 18.7 Å². The predicted molar refractivity (Wildman–Crippen MR) is 69.8 cm³/mol. The van der Waals surface area contributed by atoms with Gasteiger partial charge in [-0.2, -0.15) is 0 Å². The van der Waals surface area contributed by atoms with Gasteiger partial charge in [0.15, 0.2) is 11.6 Å². The summed E-state index contributed by atoms with van der Waals surface area (Å²) in [5.41, 5.74) is 0.623. The van der Waals surface area contributed by atoms with Gasteiger partial charge in [0.2, 0.25) is 5.91 Å². The predicted octanol–water partition coefficient (Wildman–Crippen LogP) is 0.476. The Labute approximate surface area is 115 Å². The lowest BCUT2D eigenvalue weighted by Gasteiger charge is -2.26. The zero-order valence-electron chi connectivity index (χ0n) is 11.1. The summed E-state index contributed by atoms with van der Waals surface area (Å²) in [6.07, 6.45) is 0. The Balaban J connectivity index is 1.89. The number of ether oxygens (including phenoxy) is 1. The number of methoxy groups -OCH3 is 1. The number of hydrogen-bond acceptors (Lipinski definition) is 3. The Kier molecular flexibility index (Phi) is 4.39. The number of hydrogen-bond donors (Lipinski definition) is 2. The summed E-state index contributed by atoms with van der Waals surface area (Å²) in [7, 11) is 1.39. The summed E-state index contributed by atoms with van der Waals surface area (Å²) >= 11 is 0. The average Bonchev–Trinajstić information content (AvgIpc) is 2.45. The SMILES string of the molecule is COc1ccc(CNC(=O)N2CCNC(=O)C2)cc1F. The maximum Gasteiger partial charge on any atom is 0.318 e. The summed E-state index contributed by atoms with van der Waals surface area (Å²) in [5, 5.41) is 5.29. The summed E-state index contributed by atoms with van der Waals surface area (Å²) in [4.78, 5) is 24.4. The normalized spacial score (nSPS) is 14.7. The fourth-order valence-corrected chi connectivity index (χ4v) is 1.92. The van der Waals surface area contributed by atoms with Crippen molar-refractivity contribution in [2.45, 2.75) is 6.54 Å². The third-order valence-corrected chi connectivity index (χ3v) is 2.99. The number of carbonyl (C=O) groups excluding carboxylic acids is 2. The van der Waals surface area contributed by atoms with Crippen LogP contribution in [0, 0.1) is 5.82 Å². The molecule has 1 saturated heterocycles. The Morgan fingerprint density at radius 1 is 1.55 bits per heavy atom. The number of amides is 3. The van der Waals surface area contributed by atoms with Crippen molar-refractivity contribution in [2.24, 2.45) is 0 Å². The highest BCUT2D eigenvalue weighted by molar-refractivity contribution is 5.85. The number of nitrogens with zero attached hydrogens (tertiary/aromatic N) is 1. The maximum atomic E-state index is 13.5. The highest BCUT2D eigenvalue weighted by Gasteiger charge is 2.20. The molecule has 7 heteroatoms. The molecule has 3 amide bonds. The Hall–Kier alpha value is -2.31. The van der Waals surface area contributed by atoms with Crippen molar-refractivity contribution < 1.29 is 18.7 Å². The van der Waals surface area contributed by atoms with Crippen molar-refractivity contribution in [1.29, 1.82) is 0 Å². The maximum absolute atomic E-state index is 13.5. The van der Waals surface area contributed by atoms with Crippen LogP contribution in [0.4, 0.5) is 9.18 Å². The molecule has 0 unspecified atom stereocenters. The van der Waals surface area contributed by atoms with E-state index in [1.807, 2.05) is 0 Å². The van der Waals surface area contributed by atoms with E-state index in [1.54, 1.807) is 6.07 Å². The van der Waals surface area contributed by atoms with Crippen molar-refractivity contribution in [2.75, 3.05) is 26.7 Å². The number of halogens is 1. The van der Waals surface area contributed by atoms with Gasteiger partial charge in [0, 0.05) is 19.6 Å². The molecule has 2 rings (SSSR count). The van der Waals surface area contributed by atoms with E-state index in [9.17, 15) is 14.0 Å². The second kappa shape index (κ2) is 6.23. The van der Waals surface area contributed by atoms with Crippen molar-refractivity contribution in [3.8, 4) is 5.75 Å². The molecule has 0 radical (unpaired) electrons. The van der Waals surface area contributed by atoms with Crippen LogP contribution >= 0.6 is 0 Å². The molecule has 1 aromatic rings. The van der Waals surface area contributed by atoms with Gasteiger partial charge >= 0.3 is 6.03 Å². The van der Waals surface area contributed by atoms with Crippen LogP contribution in [0.5, 0.6) is 5.75 Å². The van der Waals surface area contributed by atoms with Gasteiger partial charge < -0.3 is 20.3 Å². The van der Waals surface area contributed by atoms with E-state index < -0.39 is 5.82 Å². The quantitative estimate of drug-likeness (QED) is 0.846. The van der Waals surface area contributed by atoms with Gasteiger partial charge in [0.1, 0.15) is 6.54 Å². The second-order valence-electron chi connectivity index (χ2n) is 4.40. The number of nitrogens with one attached hydrogen (secondary N) is 2. The zero-order valence-corrected chi connectivity index (χ0v) is 11.1. The van der Waals surface area contributed by atoms with E-state index in [0.717, 1.165) is 0 Å². The molecule has 1 heterocycles. The first-order valence-corrected chi connectivity index (χ1v) is 6.22. The molecule has 6 nitrogen and oxygen atoms in total. The van der Waals surface area contributed by atoms with Crippen LogP contribution in [-0.2, 0) is 11.3 Å². The lowest BCUT2D eigenvalue weighted by atomic mass is 10.2. The van der Waals surface area contributed by atoms with Gasteiger partial charge in [-0.05, 0) is 17.7 Å². The van der Waals surface area contributed by atoms with Crippen molar-refractivity contribution in [1.82, 2.24) is 15.5 Å². The highest BCUT2D eigenvalue weighted by Crippen LogP contribution is 2.17. The van der Waals surface area contributed by atoms with Crippen LogP contribution < -0.4 is 15.4 Å². The van der Waals surface area contributed by atoms with Crippen LogP contribution in [0.1, 0.15) is 5.56 Å². The van der Waals surface area contributed by atoms with E-state index in [1.165, 1.54) is 24.1 Å². The molecule has 1 aliphatic heterocycles. The summed E-state index contributed by atoms with van der Waals surface area (Å²) in [6.45, 7) is 1.15. The smallest absolute Gasteiger partial charge is 0.318 e. The molecule has 0 atom stereocenters. The van der Waals surface area contributed by atoms with Crippen LogP contribution in [0.3, 0.4) is 0 Å². The minimum Gasteiger partial charge on any atom is -0.494 e. The molecule has 0 saturated carbocycles. The van der Waals surface area contributed by atoms with Crippen molar-refractivity contribution in [3.63, 3.8) is 0 Å². The monoisotopic (exact) mass is 281 g/mol. The fourth-order valence-electron chi connectivity index (χ4n) is 1.92. The molecule has 0 bridgehead atoms. The van der Waals surface area contributed by atoms with Gasteiger partial charge in [-0.25, -0.2) is 9.18 Å². The van der Waals surface area contributed by atoms with Gasteiger partial charge in [0.05, 0.1) is 7.11 Å². The van der Waals surface area contributed by atoms with Gasteiger partial charge in [-0.15, -0.1) is 0 Å². The molecular formula is C13H16FN3O3. The van der Waals surface area contributed by atoms with E-state index in [-0.39, 0.29) is 30.8 Å². The number of rotatable bonds is 3. The standard InChI is InChI=1S/C13H16FN3O3/c1-20-11-3-2-9(6-10(11)14)7-16-13(19)17-5-4-15-12(18)8-17/h2-3,6H,4-5,7-8H2,1H3,(H,15,18)(H,16,19). The molecule has 0 aliphatic carbocycles. The lowest BCUT2D eigenvalue weighted by molar-refractivity contribution is -0.123. The summed E-state index contributed by atoms with van der Waals surface area (Å²) < 4.78 is 18.3. The van der Waals surface area contributed by atoms with Crippen LogP contribution in [0.2, 0.25) is 0 Å². The zero-order chi connectivity index (χ0) is 14.5. The fraction of sp³-hybridized carbons (Fsp3) is 0.385. The summed E-state index contributed by atoms with van der Waals surface area (Å²) in [5.74, 6) is -0.494. The largest absolute Gasteiger partial charge is 0.494 e. The van der Waals surface area contributed by atoms with E-state index >= 15 is 0 Å². The molecule has 1 fully saturated rings. The van der Waals surface area contributed by atoms with Crippen LogP contribution in [-0.4, -0.2) is 43.6 Å². The minimum atomic E-state index is -0.475. The second-order valence-corrected chi connectivity index (χ2v) is 4.40. The molecule has 1 aromatic carbocycles. The first kappa shape index (κ1) is 14.1. The first-order valence-electron chi connectivity index (χ1n) is 6.22. The Bertz CT molecular complexity index is 522. The third kappa shape index (κ3) is 3.37. The number of benzene rings is 1. The van der Waals surface area contributed by atoms with E-state index in [2.05, 4.69) is 10.6 Å². The highest BCUT2D eigenvalue weighted by atomic mass is 19.1. The topological polar surface area (TPSA) is 70.7 Å². The Morgan fingerprint density at radius 3 is 3.00 bits per heavy atom. The molecule has 0 aromatic heterocycles. The minimum absolute atomic E-state index is 0.0445. The van der Waals surface area contributed by atoms with Crippen LogP contribution in [0.25, 0.3) is 0 Å². The number of carbonyl (C=O) groups is 2. The molecule has 1 aliphatic rings. The number of piperazine rings is 1. The van der Waals surface area contributed by atoms with Crippen molar-refractivity contribution >= 4 is 11.9 Å². The van der Waals surface area contributed by atoms with Gasteiger partial charge in [-0.1, -0.05) is 6.07 Å². The first-order chi connectivity index (χ1) is 9.60. The molecule has 20 heavy (non-hydrogen) atoms. The summed E-state index contributed by atoms with van der Waals surface area (Å²) in [6, 6.07) is 4.15. The van der Waals surface area contributed by atoms with E-state index in [4.69, 9.17) is 4.74 Å². The van der Waals surface area contributed by atoms with Gasteiger partial charge in [0.25, 0.3) is 0 Å².